The number of rotatable bonds is 2. The molecule has 0 aliphatic carbocycles. The van der Waals surface area contributed by atoms with E-state index in [1.54, 1.807) is 0 Å². The summed E-state index contributed by atoms with van der Waals surface area (Å²) in [7, 11) is 1.87. The minimum atomic E-state index is 0.892. The molecular formula is C11H11N2S. The van der Waals surface area contributed by atoms with Gasteiger partial charge in [-0.3, -0.25) is 0 Å². The molecule has 14 heavy (non-hydrogen) atoms. The van der Waals surface area contributed by atoms with E-state index in [0.29, 0.717) is 0 Å². The molecule has 1 N–H and O–H groups in total. The number of hydrogen-bond acceptors (Lipinski definition) is 3. The van der Waals surface area contributed by atoms with E-state index in [4.69, 9.17) is 0 Å². The minimum Gasteiger partial charge on any atom is -0.373 e. The number of benzene rings is 1. The van der Waals surface area contributed by atoms with Crippen molar-refractivity contribution in [1.29, 1.82) is 0 Å². The van der Waals surface area contributed by atoms with E-state index in [-0.39, 0.29) is 0 Å². The quantitative estimate of drug-likeness (QED) is 0.759. The van der Waals surface area contributed by atoms with Crippen LogP contribution in [-0.4, -0.2) is 12.0 Å². The maximum Gasteiger partial charge on any atom is 0.126 e. The first-order chi connectivity index (χ1) is 6.83. The van der Waals surface area contributed by atoms with Gasteiger partial charge in [-0.15, -0.1) is 11.8 Å². The van der Waals surface area contributed by atoms with Crippen LogP contribution in [0.4, 0.5) is 5.82 Å². The number of anilines is 1. The molecule has 0 spiro atoms. The molecule has 0 atom stereocenters. The number of aromatic nitrogens is 1. The van der Waals surface area contributed by atoms with Crippen LogP contribution >= 0.6 is 11.8 Å². The van der Waals surface area contributed by atoms with E-state index in [1.165, 1.54) is 11.8 Å². The molecule has 0 unspecified atom stereocenters. The lowest BCUT2D eigenvalue weighted by atomic mass is 10.2. The molecule has 0 saturated carbocycles. The number of pyridine rings is 1. The van der Waals surface area contributed by atoms with Gasteiger partial charge in [-0.25, -0.2) is 4.98 Å². The van der Waals surface area contributed by atoms with Gasteiger partial charge in [0.25, 0.3) is 0 Å². The monoisotopic (exact) mass is 203 g/mol. The molecule has 2 aromatic rings. The summed E-state index contributed by atoms with van der Waals surface area (Å²) in [4.78, 5) is 5.59. The molecule has 2 rings (SSSR count). The Hall–Kier alpha value is -1.22. The zero-order valence-electron chi connectivity index (χ0n) is 7.95. The van der Waals surface area contributed by atoms with E-state index >= 15 is 0 Å². The third-order valence-corrected chi connectivity index (χ3v) is 2.67. The van der Waals surface area contributed by atoms with Gasteiger partial charge >= 0.3 is 0 Å². The van der Waals surface area contributed by atoms with Crippen LogP contribution in [0.15, 0.2) is 35.2 Å². The third-order valence-electron chi connectivity index (χ3n) is 2.09. The first kappa shape index (κ1) is 9.34. The van der Waals surface area contributed by atoms with Crippen LogP contribution in [0.2, 0.25) is 0 Å². The SMILES string of the molecule is [CH2]Sc1ccc2ccc(NC)nc2c1. The summed E-state index contributed by atoms with van der Waals surface area (Å²) in [6.07, 6.45) is 3.78. The van der Waals surface area contributed by atoms with Gasteiger partial charge < -0.3 is 5.32 Å². The van der Waals surface area contributed by atoms with Gasteiger partial charge in [-0.1, -0.05) is 6.07 Å². The van der Waals surface area contributed by atoms with Crippen molar-refractivity contribution >= 4 is 28.5 Å². The van der Waals surface area contributed by atoms with Crippen molar-refractivity contribution in [3.8, 4) is 0 Å². The Bertz CT molecular complexity index is 415. The smallest absolute Gasteiger partial charge is 0.126 e. The minimum absolute atomic E-state index is 0.892. The van der Waals surface area contributed by atoms with E-state index < -0.39 is 0 Å². The molecule has 71 valence electrons. The second-order valence-corrected chi connectivity index (χ2v) is 3.71. The van der Waals surface area contributed by atoms with Crippen LogP contribution in [0.25, 0.3) is 10.9 Å². The fraction of sp³-hybridized carbons (Fsp3) is 0.0909. The number of hydrogen-bond donors (Lipinski definition) is 1. The van der Waals surface area contributed by atoms with Gasteiger partial charge in [-0.2, -0.15) is 0 Å². The van der Waals surface area contributed by atoms with Crippen molar-refractivity contribution in [3.63, 3.8) is 0 Å². The Morgan fingerprint density at radius 2 is 2.07 bits per heavy atom. The molecule has 0 aliphatic heterocycles. The van der Waals surface area contributed by atoms with Gasteiger partial charge in [-0.05, 0) is 24.3 Å². The van der Waals surface area contributed by atoms with Gasteiger partial charge in [0.1, 0.15) is 5.82 Å². The molecule has 3 heteroatoms. The Labute approximate surface area is 87.7 Å². The lowest BCUT2D eigenvalue weighted by molar-refractivity contribution is 1.33. The van der Waals surface area contributed by atoms with Crippen molar-refractivity contribution in [2.24, 2.45) is 0 Å². The van der Waals surface area contributed by atoms with Crippen molar-refractivity contribution in [3.05, 3.63) is 36.6 Å². The predicted octanol–water partition coefficient (Wildman–Crippen LogP) is 3.16. The summed E-state index contributed by atoms with van der Waals surface area (Å²) >= 11 is 1.49. The molecule has 0 aliphatic rings. The Morgan fingerprint density at radius 3 is 2.79 bits per heavy atom. The van der Waals surface area contributed by atoms with E-state index in [9.17, 15) is 0 Å². The normalized spacial score (nSPS) is 10.4. The highest BCUT2D eigenvalue weighted by Gasteiger charge is 1.98. The second-order valence-electron chi connectivity index (χ2n) is 2.95. The number of nitrogens with zero attached hydrogens (tertiary/aromatic N) is 1. The predicted molar refractivity (Wildman–Crippen MR) is 62.5 cm³/mol. The van der Waals surface area contributed by atoms with Gasteiger partial charge in [0, 0.05) is 23.6 Å². The molecule has 1 heterocycles. The number of fused-ring (bicyclic) bond motifs is 1. The highest BCUT2D eigenvalue weighted by molar-refractivity contribution is 8.00. The zero-order valence-corrected chi connectivity index (χ0v) is 8.77. The number of thioether (sulfide) groups is 1. The fourth-order valence-electron chi connectivity index (χ4n) is 1.33. The highest BCUT2D eigenvalue weighted by Crippen LogP contribution is 2.22. The first-order valence-corrected chi connectivity index (χ1v) is 5.32. The summed E-state index contributed by atoms with van der Waals surface area (Å²) in [5.41, 5.74) is 1.01. The summed E-state index contributed by atoms with van der Waals surface area (Å²) in [6, 6.07) is 10.2. The van der Waals surface area contributed by atoms with Crippen molar-refractivity contribution in [1.82, 2.24) is 4.98 Å². The molecule has 0 bridgehead atoms. The number of nitrogens with one attached hydrogen (secondary N) is 1. The van der Waals surface area contributed by atoms with Crippen molar-refractivity contribution < 1.29 is 0 Å². The maximum absolute atomic E-state index is 4.45. The summed E-state index contributed by atoms with van der Waals surface area (Å²) in [5.74, 6) is 0.892. The standard InChI is InChI=1S/C11H11N2S/c1-12-11-6-4-8-3-5-9(14-2)7-10(8)13-11/h3-7H,2H2,1H3,(H,12,13). The molecule has 1 radical (unpaired) electrons. The van der Waals surface area contributed by atoms with Crippen molar-refractivity contribution in [2.45, 2.75) is 4.90 Å². The molecular weight excluding hydrogens is 192 g/mol. The van der Waals surface area contributed by atoms with Crippen LogP contribution in [0.3, 0.4) is 0 Å². The highest BCUT2D eigenvalue weighted by atomic mass is 32.2. The fourth-order valence-corrected chi connectivity index (χ4v) is 1.69. The molecule has 1 aromatic heterocycles. The lowest BCUT2D eigenvalue weighted by Gasteiger charge is -2.03. The van der Waals surface area contributed by atoms with E-state index in [0.717, 1.165) is 21.6 Å². The average Bonchev–Trinajstić information content (AvgIpc) is 2.27. The van der Waals surface area contributed by atoms with Gasteiger partial charge in [0.15, 0.2) is 0 Å². The van der Waals surface area contributed by atoms with E-state index in [1.807, 2.05) is 19.2 Å². The summed E-state index contributed by atoms with van der Waals surface area (Å²) in [5, 5.41) is 4.18. The largest absolute Gasteiger partial charge is 0.373 e. The Kier molecular flexibility index (Phi) is 2.59. The van der Waals surface area contributed by atoms with Crippen molar-refractivity contribution in [2.75, 3.05) is 12.4 Å². The first-order valence-electron chi connectivity index (χ1n) is 4.34. The molecule has 1 aromatic carbocycles. The molecule has 0 fully saturated rings. The Morgan fingerprint density at radius 1 is 1.29 bits per heavy atom. The summed E-state index contributed by atoms with van der Waals surface area (Å²) < 4.78 is 0. The molecule has 2 nitrogen and oxygen atoms in total. The lowest BCUT2D eigenvalue weighted by Crippen LogP contribution is -1.91. The van der Waals surface area contributed by atoms with Crippen LogP contribution < -0.4 is 5.32 Å². The molecule has 0 saturated heterocycles. The second kappa shape index (κ2) is 3.88. The van der Waals surface area contributed by atoms with Gasteiger partial charge in [0.05, 0.1) is 5.52 Å². The topological polar surface area (TPSA) is 24.9 Å². The zero-order chi connectivity index (χ0) is 9.97. The van der Waals surface area contributed by atoms with Gasteiger partial charge in [0.2, 0.25) is 0 Å². The third kappa shape index (κ3) is 1.68. The van der Waals surface area contributed by atoms with Crippen LogP contribution in [0.5, 0.6) is 0 Å². The Balaban J connectivity index is 2.60. The van der Waals surface area contributed by atoms with Crippen LogP contribution in [0.1, 0.15) is 0 Å². The molecule has 0 amide bonds. The summed E-state index contributed by atoms with van der Waals surface area (Å²) in [6.45, 7) is 0. The average molecular weight is 203 g/mol. The maximum atomic E-state index is 4.45. The van der Waals surface area contributed by atoms with E-state index in [2.05, 4.69) is 34.8 Å². The van der Waals surface area contributed by atoms with Crippen LogP contribution in [0, 0.1) is 6.26 Å². The van der Waals surface area contributed by atoms with Crippen LogP contribution in [-0.2, 0) is 0 Å².